The number of alkyl halides is 1. The molecule has 254 valence electrons. The minimum absolute atomic E-state index is 0.0455. The maximum Gasteiger partial charge on any atom is 0.317 e. The Balaban J connectivity index is 1.76. The molecule has 0 aliphatic rings. The van der Waals surface area contributed by atoms with E-state index in [9.17, 15) is 44.4 Å². The molecule has 0 atom stereocenters. The smallest absolute Gasteiger partial charge is 0.317 e. The molecule has 3 heterocycles. The monoisotopic (exact) mass is 782 g/mol. The van der Waals surface area contributed by atoms with Gasteiger partial charge in [-0.3, -0.25) is 33.8 Å². The van der Waals surface area contributed by atoms with Crippen molar-refractivity contribution >= 4 is 58.1 Å². The van der Waals surface area contributed by atoms with E-state index < -0.39 is 50.1 Å². The van der Waals surface area contributed by atoms with Crippen molar-refractivity contribution in [3.8, 4) is 33.9 Å². The third kappa shape index (κ3) is 11.4. The first-order chi connectivity index (χ1) is 23.4. The predicted octanol–water partition coefficient (Wildman–Crippen LogP) is 3.19. The molecule has 0 bridgehead atoms. The molecule has 0 unspecified atom stereocenters. The number of carboxylic acids is 4. The lowest BCUT2D eigenvalue weighted by atomic mass is 10.0. The Bertz CT molecular complexity index is 1720. The molecule has 1 amide bonds. The summed E-state index contributed by atoms with van der Waals surface area (Å²) in [5.41, 5.74) is 4.61. The fourth-order valence-electron chi connectivity index (χ4n) is 4.88. The quantitative estimate of drug-likeness (QED) is 0.0767. The molecule has 3 aromatic heterocycles. The van der Waals surface area contributed by atoms with E-state index in [4.69, 9.17) is 4.98 Å². The average molecular weight is 783 g/mol. The van der Waals surface area contributed by atoms with Gasteiger partial charge in [-0.25, -0.2) is 15.0 Å². The summed E-state index contributed by atoms with van der Waals surface area (Å²) in [6.45, 7) is -2.08. The van der Waals surface area contributed by atoms with E-state index >= 15 is 0 Å². The Labute approximate surface area is 293 Å². The Morgan fingerprint density at radius 2 is 1.00 bits per heavy atom. The number of aromatic nitrogens is 3. The van der Waals surface area contributed by atoms with Crippen LogP contribution in [-0.4, -0.2) is 106 Å². The van der Waals surface area contributed by atoms with E-state index in [-0.39, 0.29) is 19.0 Å². The van der Waals surface area contributed by atoms with E-state index in [2.05, 4.69) is 15.3 Å². The highest BCUT2D eigenvalue weighted by Gasteiger charge is 2.18. The number of carboxylic acid groups (broad SMARTS) is 4. The number of aliphatic carboxylic acids is 4. The summed E-state index contributed by atoms with van der Waals surface area (Å²) in [6, 6.07) is 20.9. The van der Waals surface area contributed by atoms with Crippen molar-refractivity contribution in [2.75, 3.05) is 35.9 Å². The molecule has 0 fully saturated rings. The number of hydrogen-bond donors (Lipinski definition) is 5. The summed E-state index contributed by atoms with van der Waals surface area (Å²) in [4.78, 5) is 73.8. The standard InChI is InChI=1S/C33H31IN6O9/c34-13-29(41)37-22-9-7-20(8-10-22)21-11-27(25-5-1-3-23(35-25)14-39(16-30(42)43)17-31(44)45)38-28(12-21)26-6-2-4-24(36-26)15-40(18-32(46)47)19-33(48)49/h1-12H,13-19H2,(H,37,41)(H,42,43)(H,44,45)(H,46,47)(H,48,49). The molecule has 1 aromatic carbocycles. The zero-order valence-corrected chi connectivity index (χ0v) is 28.0. The second-order valence-corrected chi connectivity index (χ2v) is 11.5. The van der Waals surface area contributed by atoms with Crippen LogP contribution < -0.4 is 5.32 Å². The van der Waals surface area contributed by atoms with Crippen molar-refractivity contribution in [1.82, 2.24) is 24.8 Å². The number of hydrogen-bond acceptors (Lipinski definition) is 10. The number of anilines is 1. The van der Waals surface area contributed by atoms with E-state index in [0.29, 0.717) is 49.8 Å². The van der Waals surface area contributed by atoms with E-state index in [0.717, 1.165) is 5.56 Å². The van der Waals surface area contributed by atoms with E-state index in [1.807, 2.05) is 34.7 Å². The Hall–Kier alpha value is -5.33. The number of carbonyl (C=O) groups is 5. The van der Waals surface area contributed by atoms with Gasteiger partial charge in [0, 0.05) is 18.8 Å². The topological polar surface area (TPSA) is 223 Å². The molecule has 4 aromatic rings. The largest absolute Gasteiger partial charge is 0.480 e. The van der Waals surface area contributed by atoms with Gasteiger partial charge in [-0.1, -0.05) is 46.9 Å². The van der Waals surface area contributed by atoms with E-state index in [1.54, 1.807) is 60.7 Å². The number of nitrogens with one attached hydrogen (secondary N) is 1. The summed E-state index contributed by atoms with van der Waals surface area (Å²) in [5.74, 6) is -4.87. The van der Waals surface area contributed by atoms with Crippen molar-refractivity contribution in [3.63, 3.8) is 0 Å². The van der Waals surface area contributed by atoms with Crippen LogP contribution in [0.25, 0.3) is 33.9 Å². The van der Waals surface area contributed by atoms with Crippen molar-refractivity contribution in [3.05, 3.63) is 84.2 Å². The van der Waals surface area contributed by atoms with Crippen LogP contribution in [0.2, 0.25) is 0 Å². The van der Waals surface area contributed by atoms with Crippen LogP contribution in [0.4, 0.5) is 5.69 Å². The Morgan fingerprint density at radius 3 is 1.39 bits per heavy atom. The molecule has 4 rings (SSSR count). The fraction of sp³-hybridized carbons (Fsp3) is 0.212. The Kier molecular flexibility index (Phi) is 12.8. The number of carbonyl (C=O) groups excluding carboxylic acids is 1. The van der Waals surface area contributed by atoms with Gasteiger partial charge >= 0.3 is 23.9 Å². The molecule has 0 radical (unpaired) electrons. The lowest BCUT2D eigenvalue weighted by Gasteiger charge is -2.18. The van der Waals surface area contributed by atoms with Crippen LogP contribution in [0.5, 0.6) is 0 Å². The molecule has 0 spiro atoms. The van der Waals surface area contributed by atoms with Gasteiger partial charge in [0.25, 0.3) is 0 Å². The Morgan fingerprint density at radius 1 is 0.571 bits per heavy atom. The lowest BCUT2D eigenvalue weighted by Crippen LogP contribution is -2.34. The average Bonchev–Trinajstić information content (AvgIpc) is 3.04. The van der Waals surface area contributed by atoms with Crippen LogP contribution in [0, 0.1) is 0 Å². The van der Waals surface area contributed by atoms with Crippen molar-refractivity contribution in [2.45, 2.75) is 13.1 Å². The highest BCUT2D eigenvalue weighted by atomic mass is 127. The first kappa shape index (κ1) is 36.5. The molecule has 5 N–H and O–H groups in total. The molecular weight excluding hydrogens is 751 g/mol. The summed E-state index contributed by atoms with van der Waals surface area (Å²) in [5, 5.41) is 39.8. The van der Waals surface area contributed by atoms with Crippen LogP contribution in [0.1, 0.15) is 11.4 Å². The van der Waals surface area contributed by atoms with Gasteiger partial charge in [0.2, 0.25) is 5.91 Å². The summed E-state index contributed by atoms with van der Waals surface area (Å²) < 4.78 is 0.295. The van der Waals surface area contributed by atoms with Crippen LogP contribution in [0.3, 0.4) is 0 Å². The number of benzene rings is 1. The number of rotatable bonds is 17. The molecule has 15 nitrogen and oxygen atoms in total. The summed E-state index contributed by atoms with van der Waals surface area (Å²) in [7, 11) is 0. The lowest BCUT2D eigenvalue weighted by molar-refractivity contribution is -0.144. The van der Waals surface area contributed by atoms with Crippen LogP contribution >= 0.6 is 22.6 Å². The van der Waals surface area contributed by atoms with Crippen molar-refractivity contribution in [1.29, 1.82) is 0 Å². The number of amides is 1. The fourth-order valence-corrected chi connectivity index (χ4v) is 5.07. The molecule has 0 saturated heterocycles. The van der Waals surface area contributed by atoms with Crippen LogP contribution in [0.15, 0.2) is 72.8 Å². The predicted molar refractivity (Wildman–Crippen MR) is 185 cm³/mol. The summed E-state index contributed by atoms with van der Waals surface area (Å²) in [6.07, 6.45) is 0. The van der Waals surface area contributed by atoms with Gasteiger partial charge < -0.3 is 25.7 Å². The van der Waals surface area contributed by atoms with Gasteiger partial charge in [0.15, 0.2) is 0 Å². The van der Waals surface area contributed by atoms with Crippen LogP contribution in [-0.2, 0) is 37.1 Å². The first-order valence-corrected chi connectivity index (χ1v) is 16.1. The second-order valence-electron chi connectivity index (χ2n) is 10.8. The normalized spacial score (nSPS) is 11.0. The molecule has 0 aliphatic heterocycles. The third-order valence-electron chi connectivity index (χ3n) is 6.79. The number of pyridine rings is 3. The zero-order valence-electron chi connectivity index (χ0n) is 25.8. The summed E-state index contributed by atoms with van der Waals surface area (Å²) >= 11 is 1.97. The maximum absolute atomic E-state index is 11.9. The highest BCUT2D eigenvalue weighted by Crippen LogP contribution is 2.30. The zero-order chi connectivity index (χ0) is 35.5. The second kappa shape index (κ2) is 17.2. The molecule has 49 heavy (non-hydrogen) atoms. The maximum atomic E-state index is 11.9. The SMILES string of the molecule is O=C(O)CN(CC(=O)O)Cc1cccc(-c2cc(-c3ccc(NC(=O)CI)cc3)cc(-c3cccc(CN(CC(=O)O)CC(=O)O)n3)n2)n1. The van der Waals surface area contributed by atoms with Gasteiger partial charge in [0.1, 0.15) is 0 Å². The minimum atomic E-state index is -1.18. The number of halogens is 1. The number of nitrogens with zero attached hydrogens (tertiary/aromatic N) is 5. The third-order valence-corrected chi connectivity index (χ3v) is 7.49. The van der Waals surface area contributed by atoms with Gasteiger partial charge in [-0.2, -0.15) is 0 Å². The highest BCUT2D eigenvalue weighted by molar-refractivity contribution is 14.1. The van der Waals surface area contributed by atoms with Gasteiger partial charge in [-0.05, 0) is 59.7 Å². The molecule has 0 aliphatic carbocycles. The van der Waals surface area contributed by atoms with Crippen molar-refractivity contribution < 1.29 is 44.4 Å². The van der Waals surface area contributed by atoms with Gasteiger partial charge in [0.05, 0.1) is 64.8 Å². The molecular formula is C33H31IN6O9. The molecule has 0 saturated carbocycles. The minimum Gasteiger partial charge on any atom is -0.480 e. The first-order valence-electron chi connectivity index (χ1n) is 14.6. The van der Waals surface area contributed by atoms with Gasteiger partial charge in [-0.15, -0.1) is 0 Å². The molecule has 16 heteroatoms. The van der Waals surface area contributed by atoms with Crippen molar-refractivity contribution in [2.24, 2.45) is 0 Å². The van der Waals surface area contributed by atoms with E-state index in [1.165, 1.54) is 9.80 Å².